The Bertz CT molecular complexity index is 538. The van der Waals surface area contributed by atoms with E-state index in [1.165, 1.54) is 31.2 Å². The van der Waals surface area contributed by atoms with Crippen LogP contribution in [-0.2, 0) is 14.8 Å². The van der Waals surface area contributed by atoms with Crippen molar-refractivity contribution in [1.82, 2.24) is 4.72 Å². The SMILES string of the molecule is C[C@@H](O)CNS(=O)(=O)c1ccc(OCCC(=O)O)cc1. The average molecular weight is 303 g/mol. The summed E-state index contributed by atoms with van der Waals surface area (Å²) in [5.74, 6) is -0.577. The zero-order valence-electron chi connectivity index (χ0n) is 10.9. The number of sulfonamides is 1. The molecule has 20 heavy (non-hydrogen) atoms. The normalized spacial score (nSPS) is 12.9. The lowest BCUT2D eigenvalue weighted by atomic mass is 10.3. The van der Waals surface area contributed by atoms with E-state index in [1.807, 2.05) is 0 Å². The van der Waals surface area contributed by atoms with Crippen molar-refractivity contribution in [1.29, 1.82) is 0 Å². The summed E-state index contributed by atoms with van der Waals surface area (Å²) in [6, 6.07) is 5.58. The van der Waals surface area contributed by atoms with E-state index in [1.54, 1.807) is 0 Å². The van der Waals surface area contributed by atoms with Gasteiger partial charge in [-0.05, 0) is 31.2 Å². The van der Waals surface area contributed by atoms with Gasteiger partial charge in [-0.15, -0.1) is 0 Å². The Morgan fingerprint density at radius 3 is 2.45 bits per heavy atom. The largest absolute Gasteiger partial charge is 0.493 e. The van der Waals surface area contributed by atoms with Crippen LogP contribution >= 0.6 is 0 Å². The Morgan fingerprint density at radius 1 is 1.35 bits per heavy atom. The zero-order chi connectivity index (χ0) is 15.2. The third kappa shape index (κ3) is 5.55. The lowest BCUT2D eigenvalue weighted by Gasteiger charge is -2.09. The second kappa shape index (κ2) is 7.22. The maximum atomic E-state index is 11.8. The van der Waals surface area contributed by atoms with Gasteiger partial charge in [0.05, 0.1) is 24.0 Å². The van der Waals surface area contributed by atoms with Gasteiger partial charge < -0.3 is 14.9 Å². The number of carboxylic acids is 1. The first-order chi connectivity index (χ1) is 9.31. The molecular formula is C12H17NO6S. The third-order valence-corrected chi connectivity index (χ3v) is 3.73. The van der Waals surface area contributed by atoms with Crippen molar-refractivity contribution in [2.24, 2.45) is 0 Å². The van der Waals surface area contributed by atoms with E-state index in [-0.39, 0.29) is 24.5 Å². The molecule has 0 fully saturated rings. The Hall–Kier alpha value is -1.64. The molecule has 1 rings (SSSR count). The molecule has 0 aliphatic rings. The highest BCUT2D eigenvalue weighted by Gasteiger charge is 2.14. The fourth-order valence-corrected chi connectivity index (χ4v) is 2.41. The van der Waals surface area contributed by atoms with E-state index in [4.69, 9.17) is 14.9 Å². The number of carboxylic acid groups (broad SMARTS) is 1. The van der Waals surface area contributed by atoms with Crippen LogP contribution in [0.4, 0.5) is 0 Å². The number of aliphatic hydroxyl groups is 1. The van der Waals surface area contributed by atoms with Crippen LogP contribution in [0, 0.1) is 0 Å². The van der Waals surface area contributed by atoms with E-state index in [9.17, 15) is 13.2 Å². The topological polar surface area (TPSA) is 113 Å². The Morgan fingerprint density at radius 2 is 1.95 bits per heavy atom. The Balaban J connectivity index is 2.63. The van der Waals surface area contributed by atoms with E-state index < -0.39 is 22.1 Å². The summed E-state index contributed by atoms with van der Waals surface area (Å²) in [6.07, 6.45) is -0.904. The molecule has 0 aliphatic carbocycles. The molecule has 0 unspecified atom stereocenters. The van der Waals surface area contributed by atoms with Gasteiger partial charge in [0.25, 0.3) is 0 Å². The lowest BCUT2D eigenvalue weighted by Crippen LogP contribution is -2.30. The van der Waals surface area contributed by atoms with Gasteiger partial charge >= 0.3 is 5.97 Å². The quantitative estimate of drug-likeness (QED) is 0.632. The van der Waals surface area contributed by atoms with Crippen LogP contribution in [0.2, 0.25) is 0 Å². The standard InChI is InChI=1S/C12H17NO6S/c1-9(14)8-13-20(17,18)11-4-2-10(3-5-11)19-7-6-12(15)16/h2-5,9,13-14H,6-8H2,1H3,(H,15,16)/t9-/m1/s1. The molecule has 0 saturated heterocycles. The molecular weight excluding hydrogens is 286 g/mol. The van der Waals surface area contributed by atoms with Crippen LogP contribution in [-0.4, -0.2) is 43.9 Å². The Kier molecular flexibility index (Phi) is 5.93. The maximum Gasteiger partial charge on any atom is 0.306 e. The number of aliphatic carboxylic acids is 1. The van der Waals surface area contributed by atoms with Crippen molar-refractivity contribution >= 4 is 16.0 Å². The summed E-state index contributed by atoms with van der Waals surface area (Å²) in [6.45, 7) is 1.42. The van der Waals surface area contributed by atoms with Crippen LogP contribution in [0.25, 0.3) is 0 Å². The van der Waals surface area contributed by atoms with Crippen molar-refractivity contribution in [3.8, 4) is 5.75 Å². The second-order valence-electron chi connectivity index (χ2n) is 4.16. The number of ether oxygens (including phenoxy) is 1. The minimum absolute atomic E-state index is 0.0156. The highest BCUT2D eigenvalue weighted by molar-refractivity contribution is 7.89. The molecule has 0 heterocycles. The molecule has 0 amide bonds. The fourth-order valence-electron chi connectivity index (χ4n) is 1.28. The van der Waals surface area contributed by atoms with Gasteiger partial charge in [-0.2, -0.15) is 0 Å². The summed E-state index contributed by atoms with van der Waals surface area (Å²) in [5.41, 5.74) is 0. The van der Waals surface area contributed by atoms with E-state index in [2.05, 4.69) is 4.72 Å². The summed E-state index contributed by atoms with van der Waals surface area (Å²) in [5, 5.41) is 17.5. The van der Waals surface area contributed by atoms with Crippen LogP contribution in [0.15, 0.2) is 29.2 Å². The first kappa shape index (κ1) is 16.4. The summed E-state index contributed by atoms with van der Waals surface area (Å²) < 4.78 is 31.0. The summed E-state index contributed by atoms with van der Waals surface area (Å²) in [4.78, 5) is 10.4. The fraction of sp³-hybridized carbons (Fsp3) is 0.417. The molecule has 1 aromatic carbocycles. The van der Waals surface area contributed by atoms with Gasteiger partial charge in [0, 0.05) is 6.54 Å². The first-order valence-corrected chi connectivity index (χ1v) is 7.42. The number of hydrogen-bond acceptors (Lipinski definition) is 5. The average Bonchev–Trinajstić information content (AvgIpc) is 2.37. The molecule has 0 aromatic heterocycles. The zero-order valence-corrected chi connectivity index (χ0v) is 11.8. The van der Waals surface area contributed by atoms with Gasteiger partial charge in [-0.1, -0.05) is 0 Å². The lowest BCUT2D eigenvalue weighted by molar-refractivity contribution is -0.137. The van der Waals surface area contributed by atoms with E-state index in [0.717, 1.165) is 0 Å². The van der Waals surface area contributed by atoms with E-state index >= 15 is 0 Å². The van der Waals surface area contributed by atoms with Crippen LogP contribution in [0.5, 0.6) is 5.75 Å². The van der Waals surface area contributed by atoms with Crippen LogP contribution in [0.3, 0.4) is 0 Å². The highest BCUT2D eigenvalue weighted by atomic mass is 32.2. The van der Waals surface area contributed by atoms with Gasteiger partial charge in [0.1, 0.15) is 5.75 Å². The van der Waals surface area contributed by atoms with Crippen LogP contribution in [0.1, 0.15) is 13.3 Å². The molecule has 7 nitrogen and oxygen atoms in total. The third-order valence-electron chi connectivity index (χ3n) is 2.29. The highest BCUT2D eigenvalue weighted by Crippen LogP contribution is 2.16. The van der Waals surface area contributed by atoms with Gasteiger partial charge in [0.2, 0.25) is 10.0 Å². The molecule has 112 valence electrons. The van der Waals surface area contributed by atoms with Crippen LogP contribution < -0.4 is 9.46 Å². The molecule has 3 N–H and O–H groups in total. The molecule has 0 bridgehead atoms. The van der Waals surface area contributed by atoms with Crippen molar-refractivity contribution in [3.63, 3.8) is 0 Å². The number of benzene rings is 1. The maximum absolute atomic E-state index is 11.8. The first-order valence-electron chi connectivity index (χ1n) is 5.93. The minimum atomic E-state index is -3.67. The molecule has 1 atom stereocenters. The van der Waals surface area contributed by atoms with Crippen molar-refractivity contribution in [3.05, 3.63) is 24.3 Å². The van der Waals surface area contributed by atoms with Gasteiger partial charge in [-0.3, -0.25) is 4.79 Å². The predicted octanol–water partition coefficient (Wildman–Crippen LogP) is 0.199. The van der Waals surface area contributed by atoms with Crippen molar-refractivity contribution in [2.45, 2.75) is 24.3 Å². The molecule has 0 radical (unpaired) electrons. The summed E-state index contributed by atoms with van der Waals surface area (Å²) >= 11 is 0. The van der Waals surface area contributed by atoms with Crippen molar-refractivity contribution < 1.29 is 28.2 Å². The van der Waals surface area contributed by atoms with E-state index in [0.29, 0.717) is 5.75 Å². The number of rotatable bonds is 8. The molecule has 1 aromatic rings. The number of aliphatic hydroxyl groups excluding tert-OH is 1. The predicted molar refractivity (Wildman–Crippen MR) is 71.1 cm³/mol. The monoisotopic (exact) mass is 303 g/mol. The minimum Gasteiger partial charge on any atom is -0.493 e. The molecule has 0 aliphatic heterocycles. The molecule has 8 heteroatoms. The second-order valence-corrected chi connectivity index (χ2v) is 5.93. The number of hydrogen-bond donors (Lipinski definition) is 3. The van der Waals surface area contributed by atoms with Gasteiger partial charge in [-0.25, -0.2) is 13.1 Å². The molecule has 0 saturated carbocycles. The number of carbonyl (C=O) groups is 1. The smallest absolute Gasteiger partial charge is 0.306 e. The summed E-state index contributed by atoms with van der Waals surface area (Å²) in [7, 11) is -3.67. The Labute approximate surface area is 117 Å². The number of nitrogens with one attached hydrogen (secondary N) is 1. The molecule has 0 spiro atoms. The van der Waals surface area contributed by atoms with Gasteiger partial charge in [0.15, 0.2) is 0 Å². The van der Waals surface area contributed by atoms with Crippen molar-refractivity contribution in [2.75, 3.05) is 13.2 Å².